The Balaban J connectivity index is 2.81. The highest BCUT2D eigenvalue weighted by Crippen LogP contribution is 2.32. The van der Waals surface area contributed by atoms with Crippen LogP contribution in [0, 0.1) is 13.8 Å². The predicted molar refractivity (Wildman–Crippen MR) is 47.6 cm³/mol. The van der Waals surface area contributed by atoms with Gasteiger partial charge in [0.25, 0.3) is 0 Å². The van der Waals surface area contributed by atoms with Crippen molar-refractivity contribution in [2.45, 2.75) is 18.7 Å². The average Bonchev–Trinajstić information content (AvgIpc) is 2.13. The van der Waals surface area contributed by atoms with Gasteiger partial charge in [0.1, 0.15) is 11.5 Å². The van der Waals surface area contributed by atoms with Crippen LogP contribution in [0.3, 0.4) is 0 Å². The van der Waals surface area contributed by atoms with Gasteiger partial charge in [0, 0.05) is 0 Å². The Morgan fingerprint density at radius 2 is 2.10 bits per heavy atom. The van der Waals surface area contributed by atoms with Crippen molar-refractivity contribution in [3.63, 3.8) is 0 Å². The summed E-state index contributed by atoms with van der Waals surface area (Å²) in [5, 5.41) is 0. The van der Waals surface area contributed by atoms with Gasteiger partial charge >= 0.3 is 0 Å². The molecule has 0 unspecified atom stereocenters. The van der Waals surface area contributed by atoms with Crippen LogP contribution in [0.15, 0.2) is 15.4 Å². The van der Waals surface area contributed by atoms with Crippen LogP contribution >= 0.6 is 21.6 Å². The summed E-state index contributed by atoms with van der Waals surface area (Å²) in [7, 11) is 3.48. The molecule has 10 heavy (non-hydrogen) atoms. The molecule has 0 spiro atoms. The van der Waals surface area contributed by atoms with Crippen molar-refractivity contribution in [2.75, 3.05) is 6.26 Å². The summed E-state index contributed by atoms with van der Waals surface area (Å²) in [6.45, 7) is 3.96. The van der Waals surface area contributed by atoms with E-state index >= 15 is 0 Å². The van der Waals surface area contributed by atoms with E-state index in [1.807, 2.05) is 13.8 Å². The maximum Gasteiger partial charge on any atom is 0.115 e. The SMILES string of the molecule is CSSc1cc(C)oc1C. The number of rotatable bonds is 2. The van der Waals surface area contributed by atoms with E-state index in [1.54, 1.807) is 21.6 Å². The van der Waals surface area contributed by atoms with Gasteiger partial charge in [-0.3, -0.25) is 0 Å². The monoisotopic (exact) mass is 174 g/mol. The highest BCUT2D eigenvalue weighted by molar-refractivity contribution is 8.76. The number of hydrogen-bond donors (Lipinski definition) is 0. The molecule has 0 aliphatic heterocycles. The van der Waals surface area contributed by atoms with Crippen LogP contribution in [0.5, 0.6) is 0 Å². The van der Waals surface area contributed by atoms with Gasteiger partial charge in [-0.05, 0) is 26.2 Å². The number of hydrogen-bond acceptors (Lipinski definition) is 3. The average molecular weight is 174 g/mol. The molecule has 0 aliphatic rings. The molecule has 0 atom stereocenters. The Morgan fingerprint density at radius 3 is 2.50 bits per heavy atom. The molecular weight excluding hydrogens is 164 g/mol. The van der Waals surface area contributed by atoms with E-state index in [9.17, 15) is 0 Å². The number of aryl methyl sites for hydroxylation is 2. The lowest BCUT2D eigenvalue weighted by Crippen LogP contribution is -1.62. The van der Waals surface area contributed by atoms with Gasteiger partial charge in [0.2, 0.25) is 0 Å². The first-order valence-corrected chi connectivity index (χ1v) is 5.57. The summed E-state index contributed by atoms with van der Waals surface area (Å²) < 4.78 is 5.33. The minimum Gasteiger partial charge on any atom is -0.465 e. The van der Waals surface area contributed by atoms with Gasteiger partial charge in [-0.1, -0.05) is 21.6 Å². The second kappa shape index (κ2) is 3.39. The van der Waals surface area contributed by atoms with Crippen LogP contribution in [0.25, 0.3) is 0 Å². The van der Waals surface area contributed by atoms with E-state index in [2.05, 4.69) is 12.3 Å². The van der Waals surface area contributed by atoms with Crippen LogP contribution in [0.2, 0.25) is 0 Å². The van der Waals surface area contributed by atoms with Crippen molar-refractivity contribution in [3.8, 4) is 0 Å². The molecule has 1 nitrogen and oxygen atoms in total. The van der Waals surface area contributed by atoms with Crippen LogP contribution in [0.4, 0.5) is 0 Å². The maximum atomic E-state index is 5.33. The van der Waals surface area contributed by atoms with E-state index in [0.717, 1.165) is 11.5 Å². The summed E-state index contributed by atoms with van der Waals surface area (Å²) in [5.41, 5.74) is 0. The molecule has 0 amide bonds. The van der Waals surface area contributed by atoms with E-state index in [-0.39, 0.29) is 0 Å². The van der Waals surface area contributed by atoms with E-state index < -0.39 is 0 Å². The van der Waals surface area contributed by atoms with Crippen molar-refractivity contribution >= 4 is 21.6 Å². The van der Waals surface area contributed by atoms with Crippen molar-refractivity contribution in [1.82, 2.24) is 0 Å². The third kappa shape index (κ3) is 1.73. The lowest BCUT2D eigenvalue weighted by atomic mass is 10.4. The Morgan fingerprint density at radius 1 is 1.40 bits per heavy atom. The van der Waals surface area contributed by atoms with Gasteiger partial charge in [-0.2, -0.15) is 0 Å². The topological polar surface area (TPSA) is 13.1 Å². The lowest BCUT2D eigenvalue weighted by Gasteiger charge is -1.90. The number of furan rings is 1. The van der Waals surface area contributed by atoms with Gasteiger partial charge in [-0.15, -0.1) is 0 Å². The summed E-state index contributed by atoms with van der Waals surface area (Å²) in [4.78, 5) is 1.24. The second-order valence-electron chi connectivity index (χ2n) is 2.03. The molecule has 0 aliphatic carbocycles. The summed E-state index contributed by atoms with van der Waals surface area (Å²) in [6, 6.07) is 2.07. The minimum absolute atomic E-state index is 0.994. The fourth-order valence-corrected chi connectivity index (χ4v) is 2.37. The quantitative estimate of drug-likeness (QED) is 0.639. The zero-order valence-electron chi connectivity index (χ0n) is 6.30. The third-order valence-corrected chi connectivity index (χ3v) is 2.96. The Bertz CT molecular complexity index is 217. The first-order chi connectivity index (χ1) is 4.74. The Hall–Kier alpha value is -0.0200. The molecule has 0 N–H and O–H groups in total. The zero-order valence-corrected chi connectivity index (χ0v) is 7.94. The summed E-state index contributed by atoms with van der Waals surface area (Å²) >= 11 is 0. The van der Waals surface area contributed by atoms with E-state index in [1.165, 1.54) is 4.90 Å². The fourth-order valence-electron chi connectivity index (χ4n) is 0.780. The largest absolute Gasteiger partial charge is 0.465 e. The molecule has 1 aromatic heterocycles. The second-order valence-corrected chi connectivity index (χ2v) is 4.47. The molecule has 0 bridgehead atoms. The van der Waals surface area contributed by atoms with Crippen molar-refractivity contribution in [3.05, 3.63) is 17.6 Å². The fraction of sp³-hybridized carbons (Fsp3) is 0.429. The van der Waals surface area contributed by atoms with Crippen molar-refractivity contribution < 1.29 is 4.42 Å². The van der Waals surface area contributed by atoms with Gasteiger partial charge < -0.3 is 4.42 Å². The first-order valence-electron chi connectivity index (χ1n) is 3.01. The summed E-state index contributed by atoms with van der Waals surface area (Å²) in [6.07, 6.45) is 2.06. The highest BCUT2D eigenvalue weighted by atomic mass is 33.1. The predicted octanol–water partition coefficient (Wildman–Crippen LogP) is 3.27. The van der Waals surface area contributed by atoms with Crippen molar-refractivity contribution in [2.24, 2.45) is 0 Å². The van der Waals surface area contributed by atoms with Crippen LogP contribution in [-0.2, 0) is 0 Å². The lowest BCUT2D eigenvalue weighted by molar-refractivity contribution is 0.499. The minimum atomic E-state index is 0.994. The van der Waals surface area contributed by atoms with Crippen molar-refractivity contribution in [1.29, 1.82) is 0 Å². The zero-order chi connectivity index (χ0) is 7.56. The van der Waals surface area contributed by atoms with Crippen LogP contribution < -0.4 is 0 Å². The molecule has 0 saturated heterocycles. The highest BCUT2D eigenvalue weighted by Gasteiger charge is 2.02. The normalized spacial score (nSPS) is 10.3. The smallest absolute Gasteiger partial charge is 0.115 e. The molecule has 1 heterocycles. The van der Waals surface area contributed by atoms with Gasteiger partial charge in [0.05, 0.1) is 4.90 Å². The van der Waals surface area contributed by atoms with Gasteiger partial charge in [-0.25, -0.2) is 0 Å². The standard InChI is InChI=1S/C7H10OS2/c1-5-4-7(10-9-3)6(2)8-5/h4H,1-3H3. The molecule has 1 rings (SSSR count). The molecule has 1 aromatic rings. The molecule has 0 saturated carbocycles. The summed E-state index contributed by atoms with van der Waals surface area (Å²) in [5.74, 6) is 2.02. The molecule has 56 valence electrons. The Kier molecular flexibility index (Phi) is 2.74. The van der Waals surface area contributed by atoms with Crippen LogP contribution in [0.1, 0.15) is 11.5 Å². The molecule has 3 heteroatoms. The van der Waals surface area contributed by atoms with Crippen LogP contribution in [-0.4, -0.2) is 6.26 Å². The molecule has 0 radical (unpaired) electrons. The molecule has 0 aromatic carbocycles. The van der Waals surface area contributed by atoms with Gasteiger partial charge in [0.15, 0.2) is 0 Å². The van der Waals surface area contributed by atoms with E-state index in [4.69, 9.17) is 4.42 Å². The first kappa shape index (κ1) is 8.08. The Labute approximate surface area is 69.0 Å². The maximum absolute atomic E-state index is 5.33. The molecular formula is C7H10OS2. The molecule has 0 fully saturated rings. The van der Waals surface area contributed by atoms with E-state index in [0.29, 0.717) is 0 Å². The third-order valence-electron chi connectivity index (χ3n) is 1.17.